The van der Waals surface area contributed by atoms with Crippen LogP contribution >= 0.6 is 0 Å². The standard InChI is InChI=1S/C13H23NO2/c1-4-7-9-13(11-14,10-8-5-2)12(15)16-6-3/h4-10H2,1-3H3. The summed E-state index contributed by atoms with van der Waals surface area (Å²) in [6.07, 6.45) is 5.04. The maximum atomic E-state index is 11.9. The number of unbranched alkanes of at least 4 members (excludes halogenated alkanes) is 2. The molecule has 0 bridgehead atoms. The van der Waals surface area contributed by atoms with Crippen LogP contribution in [-0.2, 0) is 9.53 Å². The minimum absolute atomic E-state index is 0.334. The van der Waals surface area contributed by atoms with E-state index in [0.29, 0.717) is 19.4 Å². The molecule has 0 unspecified atom stereocenters. The number of esters is 1. The van der Waals surface area contributed by atoms with Crippen LogP contribution in [0.25, 0.3) is 0 Å². The first-order chi connectivity index (χ1) is 7.66. The van der Waals surface area contributed by atoms with Crippen LogP contribution in [0.2, 0.25) is 0 Å². The van der Waals surface area contributed by atoms with Crippen molar-refractivity contribution in [1.82, 2.24) is 0 Å². The molecule has 0 radical (unpaired) electrons. The topological polar surface area (TPSA) is 50.1 Å². The lowest BCUT2D eigenvalue weighted by molar-refractivity contribution is -0.152. The number of carbonyl (C=O) groups is 1. The van der Waals surface area contributed by atoms with Gasteiger partial charge in [-0.1, -0.05) is 39.5 Å². The summed E-state index contributed by atoms with van der Waals surface area (Å²) >= 11 is 0. The van der Waals surface area contributed by atoms with Crippen LogP contribution in [0.4, 0.5) is 0 Å². The number of nitriles is 1. The Kier molecular flexibility index (Phi) is 7.62. The van der Waals surface area contributed by atoms with Crippen molar-refractivity contribution < 1.29 is 9.53 Å². The van der Waals surface area contributed by atoms with Gasteiger partial charge in [0, 0.05) is 0 Å². The first-order valence-corrected chi connectivity index (χ1v) is 6.25. The minimum atomic E-state index is -0.901. The molecule has 16 heavy (non-hydrogen) atoms. The Balaban J connectivity index is 4.66. The summed E-state index contributed by atoms with van der Waals surface area (Å²) in [6.45, 7) is 6.25. The lowest BCUT2D eigenvalue weighted by atomic mass is 9.79. The Bertz CT molecular complexity index is 235. The van der Waals surface area contributed by atoms with Crippen molar-refractivity contribution in [3.8, 4) is 6.07 Å². The molecule has 0 rings (SSSR count). The highest BCUT2D eigenvalue weighted by Crippen LogP contribution is 2.32. The van der Waals surface area contributed by atoms with Gasteiger partial charge in [0.15, 0.2) is 5.41 Å². The minimum Gasteiger partial charge on any atom is -0.465 e. The van der Waals surface area contributed by atoms with Gasteiger partial charge in [0.25, 0.3) is 0 Å². The van der Waals surface area contributed by atoms with Gasteiger partial charge in [-0.3, -0.25) is 4.79 Å². The first-order valence-electron chi connectivity index (χ1n) is 6.25. The summed E-state index contributed by atoms with van der Waals surface area (Å²) < 4.78 is 5.03. The zero-order chi connectivity index (χ0) is 12.4. The second kappa shape index (κ2) is 8.15. The molecule has 0 aromatic heterocycles. The molecule has 0 aromatic carbocycles. The number of hydrogen-bond acceptors (Lipinski definition) is 3. The molecule has 0 heterocycles. The third-order valence-corrected chi connectivity index (χ3v) is 2.79. The Morgan fingerprint density at radius 1 is 1.19 bits per heavy atom. The first kappa shape index (κ1) is 15.0. The van der Waals surface area contributed by atoms with Crippen molar-refractivity contribution in [2.24, 2.45) is 5.41 Å². The summed E-state index contributed by atoms with van der Waals surface area (Å²) in [5.41, 5.74) is -0.901. The van der Waals surface area contributed by atoms with E-state index in [9.17, 15) is 10.1 Å². The Morgan fingerprint density at radius 3 is 2.00 bits per heavy atom. The molecular weight excluding hydrogens is 202 g/mol. The van der Waals surface area contributed by atoms with Crippen molar-refractivity contribution >= 4 is 5.97 Å². The molecule has 0 saturated heterocycles. The maximum Gasteiger partial charge on any atom is 0.326 e. The largest absolute Gasteiger partial charge is 0.465 e. The van der Waals surface area contributed by atoms with Crippen molar-refractivity contribution in [2.75, 3.05) is 6.61 Å². The van der Waals surface area contributed by atoms with Crippen LogP contribution in [0.3, 0.4) is 0 Å². The number of carbonyl (C=O) groups excluding carboxylic acids is 1. The molecule has 0 saturated carbocycles. The fourth-order valence-electron chi connectivity index (χ4n) is 1.71. The summed E-state index contributed by atoms with van der Waals surface area (Å²) in [4.78, 5) is 11.9. The van der Waals surface area contributed by atoms with Gasteiger partial charge in [-0.05, 0) is 19.8 Å². The fourth-order valence-corrected chi connectivity index (χ4v) is 1.71. The molecule has 0 atom stereocenters. The second-order valence-corrected chi connectivity index (χ2v) is 4.12. The maximum absolute atomic E-state index is 11.9. The summed E-state index contributed by atoms with van der Waals surface area (Å²) in [5, 5.41) is 9.28. The van der Waals surface area contributed by atoms with Gasteiger partial charge in [0.05, 0.1) is 12.7 Å². The fraction of sp³-hybridized carbons (Fsp3) is 0.846. The molecule has 0 fully saturated rings. The Hall–Kier alpha value is -1.04. The van der Waals surface area contributed by atoms with Crippen LogP contribution in [0.15, 0.2) is 0 Å². The quantitative estimate of drug-likeness (QED) is 0.594. The van der Waals surface area contributed by atoms with E-state index in [-0.39, 0.29) is 5.97 Å². The van der Waals surface area contributed by atoms with Crippen LogP contribution < -0.4 is 0 Å². The van der Waals surface area contributed by atoms with Gasteiger partial charge >= 0.3 is 5.97 Å². The van der Waals surface area contributed by atoms with E-state index in [1.54, 1.807) is 6.92 Å². The third-order valence-electron chi connectivity index (χ3n) is 2.79. The van der Waals surface area contributed by atoms with Gasteiger partial charge < -0.3 is 4.74 Å². The van der Waals surface area contributed by atoms with Crippen molar-refractivity contribution in [3.05, 3.63) is 0 Å². The number of rotatable bonds is 8. The molecule has 0 spiro atoms. The highest BCUT2D eigenvalue weighted by Gasteiger charge is 2.38. The van der Waals surface area contributed by atoms with Crippen LogP contribution in [-0.4, -0.2) is 12.6 Å². The van der Waals surface area contributed by atoms with Crippen molar-refractivity contribution in [1.29, 1.82) is 5.26 Å². The number of hydrogen-bond donors (Lipinski definition) is 0. The molecule has 0 aliphatic heterocycles. The number of nitrogens with zero attached hydrogens (tertiary/aromatic N) is 1. The summed E-state index contributed by atoms with van der Waals surface area (Å²) in [5.74, 6) is -0.334. The smallest absolute Gasteiger partial charge is 0.326 e. The molecule has 3 heteroatoms. The van der Waals surface area contributed by atoms with E-state index in [2.05, 4.69) is 19.9 Å². The normalized spacial score (nSPS) is 10.9. The average molecular weight is 225 g/mol. The monoisotopic (exact) mass is 225 g/mol. The van der Waals surface area contributed by atoms with Crippen LogP contribution in [0.5, 0.6) is 0 Å². The van der Waals surface area contributed by atoms with E-state index in [0.717, 1.165) is 25.7 Å². The molecule has 0 amide bonds. The van der Waals surface area contributed by atoms with Gasteiger partial charge in [-0.2, -0.15) is 5.26 Å². The highest BCUT2D eigenvalue weighted by atomic mass is 16.5. The molecule has 3 nitrogen and oxygen atoms in total. The molecule has 0 aliphatic rings. The molecule has 0 aliphatic carbocycles. The zero-order valence-corrected chi connectivity index (χ0v) is 10.7. The predicted octanol–water partition coefficient (Wildman–Crippen LogP) is 3.44. The van der Waals surface area contributed by atoms with Crippen LogP contribution in [0.1, 0.15) is 59.3 Å². The van der Waals surface area contributed by atoms with Gasteiger partial charge in [-0.15, -0.1) is 0 Å². The van der Waals surface area contributed by atoms with Crippen LogP contribution in [0, 0.1) is 16.7 Å². The van der Waals surface area contributed by atoms with Gasteiger partial charge in [-0.25, -0.2) is 0 Å². The summed E-state index contributed by atoms with van der Waals surface area (Å²) in [6, 6.07) is 2.20. The van der Waals surface area contributed by atoms with Gasteiger partial charge in [0.2, 0.25) is 0 Å². The summed E-state index contributed by atoms with van der Waals surface area (Å²) in [7, 11) is 0. The SMILES string of the molecule is CCCCC(C#N)(CCCC)C(=O)OCC. The Morgan fingerprint density at radius 2 is 1.69 bits per heavy atom. The average Bonchev–Trinajstić information content (AvgIpc) is 2.30. The van der Waals surface area contributed by atoms with Crippen molar-refractivity contribution in [3.63, 3.8) is 0 Å². The molecule has 92 valence electrons. The molecular formula is C13H23NO2. The second-order valence-electron chi connectivity index (χ2n) is 4.12. The van der Waals surface area contributed by atoms with E-state index in [1.165, 1.54) is 0 Å². The Labute approximate surface area is 98.8 Å². The molecule has 0 N–H and O–H groups in total. The number of ether oxygens (including phenoxy) is 1. The van der Waals surface area contributed by atoms with E-state index < -0.39 is 5.41 Å². The lowest BCUT2D eigenvalue weighted by Crippen LogP contribution is -2.31. The highest BCUT2D eigenvalue weighted by molar-refractivity contribution is 5.79. The van der Waals surface area contributed by atoms with Crippen molar-refractivity contribution in [2.45, 2.75) is 59.3 Å². The third kappa shape index (κ3) is 4.22. The van der Waals surface area contributed by atoms with E-state index >= 15 is 0 Å². The van der Waals surface area contributed by atoms with E-state index in [4.69, 9.17) is 4.74 Å². The predicted molar refractivity (Wildman–Crippen MR) is 63.7 cm³/mol. The molecule has 0 aromatic rings. The van der Waals surface area contributed by atoms with Gasteiger partial charge in [0.1, 0.15) is 0 Å². The zero-order valence-electron chi connectivity index (χ0n) is 10.7. The van der Waals surface area contributed by atoms with E-state index in [1.807, 2.05) is 0 Å². The lowest BCUT2D eigenvalue weighted by Gasteiger charge is -2.23.